The number of imidazole rings is 1. The van der Waals surface area contributed by atoms with Crippen LogP contribution in [0.3, 0.4) is 0 Å². The second kappa shape index (κ2) is 10.2. The highest BCUT2D eigenvalue weighted by molar-refractivity contribution is 6.30. The summed E-state index contributed by atoms with van der Waals surface area (Å²) in [6, 6.07) is 15.8. The van der Waals surface area contributed by atoms with Gasteiger partial charge in [-0.05, 0) is 42.3 Å². The third-order valence-corrected chi connectivity index (χ3v) is 4.40. The van der Waals surface area contributed by atoms with Gasteiger partial charge in [0.1, 0.15) is 5.70 Å². The van der Waals surface area contributed by atoms with Crippen LogP contribution in [-0.2, 0) is 11.3 Å². The Labute approximate surface area is 174 Å². The molecule has 0 bridgehead atoms. The van der Waals surface area contributed by atoms with Crippen molar-refractivity contribution in [2.75, 3.05) is 6.54 Å². The van der Waals surface area contributed by atoms with Crippen molar-refractivity contribution in [3.63, 3.8) is 0 Å². The van der Waals surface area contributed by atoms with Gasteiger partial charge < -0.3 is 15.2 Å². The van der Waals surface area contributed by atoms with Crippen LogP contribution in [0.15, 0.2) is 79.0 Å². The molecular weight excluding hydrogens is 388 g/mol. The monoisotopic (exact) mass is 408 g/mol. The lowest BCUT2D eigenvalue weighted by atomic mass is 10.1. The van der Waals surface area contributed by atoms with Gasteiger partial charge in [-0.1, -0.05) is 41.9 Å². The van der Waals surface area contributed by atoms with Gasteiger partial charge in [0.25, 0.3) is 11.8 Å². The highest BCUT2D eigenvalue weighted by atomic mass is 35.5. The minimum atomic E-state index is -0.352. The number of halogens is 1. The van der Waals surface area contributed by atoms with Crippen LogP contribution in [0.5, 0.6) is 0 Å². The van der Waals surface area contributed by atoms with Gasteiger partial charge in [-0.25, -0.2) is 4.98 Å². The summed E-state index contributed by atoms with van der Waals surface area (Å²) in [6.07, 6.45) is 7.68. The summed E-state index contributed by atoms with van der Waals surface area (Å²) in [5.74, 6) is -0.700. The van der Waals surface area contributed by atoms with E-state index in [-0.39, 0.29) is 17.5 Å². The minimum Gasteiger partial charge on any atom is -0.351 e. The summed E-state index contributed by atoms with van der Waals surface area (Å²) in [5.41, 5.74) is 1.40. The van der Waals surface area contributed by atoms with E-state index in [0.717, 1.165) is 18.5 Å². The first-order chi connectivity index (χ1) is 14.1. The molecule has 1 heterocycles. The standard InChI is InChI=1S/C22H21ClN4O2/c23-19-9-7-17(8-10-19)15-20(26-21(28)18-5-2-1-3-6-18)22(29)25-11-4-13-27-14-12-24-16-27/h1-3,5-10,12,14-16H,4,11,13H2,(H,25,29)(H,26,28). The maximum atomic E-state index is 12.7. The van der Waals surface area contributed by atoms with Crippen molar-refractivity contribution >= 4 is 29.5 Å². The molecule has 0 saturated carbocycles. The summed E-state index contributed by atoms with van der Waals surface area (Å²) in [7, 11) is 0. The normalized spacial score (nSPS) is 11.1. The molecule has 0 spiro atoms. The van der Waals surface area contributed by atoms with Crippen LogP contribution < -0.4 is 10.6 Å². The highest BCUT2D eigenvalue weighted by Crippen LogP contribution is 2.12. The maximum absolute atomic E-state index is 12.7. The zero-order valence-corrected chi connectivity index (χ0v) is 16.5. The van der Waals surface area contributed by atoms with E-state index in [1.54, 1.807) is 67.1 Å². The SMILES string of the molecule is O=C(NCCCn1ccnc1)C(=Cc1ccc(Cl)cc1)NC(=O)c1ccccc1. The van der Waals surface area contributed by atoms with E-state index >= 15 is 0 Å². The number of aryl methyl sites for hydroxylation is 1. The van der Waals surface area contributed by atoms with E-state index in [1.807, 2.05) is 16.8 Å². The molecule has 0 saturated heterocycles. The van der Waals surface area contributed by atoms with E-state index in [1.165, 1.54) is 0 Å². The molecular formula is C22H21ClN4O2. The van der Waals surface area contributed by atoms with Gasteiger partial charge in [0.05, 0.1) is 6.33 Å². The van der Waals surface area contributed by atoms with Crippen molar-refractivity contribution in [3.8, 4) is 0 Å². The molecule has 0 aliphatic carbocycles. The summed E-state index contributed by atoms with van der Waals surface area (Å²) in [6.45, 7) is 1.21. The first-order valence-corrected chi connectivity index (χ1v) is 9.57. The minimum absolute atomic E-state index is 0.170. The average Bonchev–Trinajstić information content (AvgIpc) is 3.26. The molecule has 7 heteroatoms. The molecule has 6 nitrogen and oxygen atoms in total. The molecule has 0 aliphatic rings. The molecule has 3 rings (SSSR count). The number of hydrogen-bond donors (Lipinski definition) is 2. The van der Waals surface area contributed by atoms with Crippen LogP contribution in [0.25, 0.3) is 6.08 Å². The Bertz CT molecular complexity index is 968. The van der Waals surface area contributed by atoms with Crippen molar-refractivity contribution in [2.24, 2.45) is 0 Å². The molecule has 0 radical (unpaired) electrons. The first kappa shape index (κ1) is 20.4. The van der Waals surface area contributed by atoms with E-state index in [2.05, 4.69) is 15.6 Å². The lowest BCUT2D eigenvalue weighted by Gasteiger charge is -2.11. The molecule has 2 aromatic carbocycles. The lowest BCUT2D eigenvalue weighted by Crippen LogP contribution is -2.35. The number of amides is 2. The second-order valence-electron chi connectivity index (χ2n) is 6.34. The molecule has 2 amide bonds. The predicted octanol–water partition coefficient (Wildman–Crippen LogP) is 3.51. The van der Waals surface area contributed by atoms with Crippen LogP contribution in [0.2, 0.25) is 5.02 Å². The zero-order chi connectivity index (χ0) is 20.5. The van der Waals surface area contributed by atoms with Gasteiger partial charge >= 0.3 is 0 Å². The van der Waals surface area contributed by atoms with Gasteiger partial charge in [0.15, 0.2) is 0 Å². The van der Waals surface area contributed by atoms with Gasteiger partial charge in [-0.3, -0.25) is 9.59 Å². The van der Waals surface area contributed by atoms with Gasteiger partial charge in [0, 0.05) is 36.1 Å². The van der Waals surface area contributed by atoms with Crippen molar-refractivity contribution in [3.05, 3.63) is 95.2 Å². The van der Waals surface area contributed by atoms with Crippen LogP contribution in [-0.4, -0.2) is 27.9 Å². The zero-order valence-electron chi connectivity index (χ0n) is 15.7. The molecule has 1 aromatic heterocycles. The fraction of sp³-hybridized carbons (Fsp3) is 0.136. The molecule has 148 valence electrons. The number of aromatic nitrogens is 2. The van der Waals surface area contributed by atoms with Gasteiger partial charge in [-0.2, -0.15) is 0 Å². The molecule has 2 N–H and O–H groups in total. The fourth-order valence-electron chi connectivity index (χ4n) is 2.65. The third-order valence-electron chi connectivity index (χ3n) is 4.15. The van der Waals surface area contributed by atoms with Crippen LogP contribution in [0.4, 0.5) is 0 Å². The van der Waals surface area contributed by atoms with Crippen molar-refractivity contribution in [2.45, 2.75) is 13.0 Å². The number of nitrogens with zero attached hydrogens (tertiary/aromatic N) is 2. The Morgan fingerprint density at radius 2 is 1.83 bits per heavy atom. The third kappa shape index (κ3) is 6.33. The quantitative estimate of drug-likeness (QED) is 0.442. The summed E-state index contributed by atoms with van der Waals surface area (Å²) < 4.78 is 1.94. The number of nitrogens with one attached hydrogen (secondary N) is 2. The summed E-state index contributed by atoms with van der Waals surface area (Å²) in [5, 5.41) is 6.16. The predicted molar refractivity (Wildman–Crippen MR) is 113 cm³/mol. The Morgan fingerprint density at radius 1 is 1.07 bits per heavy atom. The Kier molecular flexibility index (Phi) is 7.19. The molecule has 29 heavy (non-hydrogen) atoms. The molecule has 3 aromatic rings. The lowest BCUT2D eigenvalue weighted by molar-refractivity contribution is -0.117. The van der Waals surface area contributed by atoms with Crippen LogP contribution in [0.1, 0.15) is 22.3 Å². The van der Waals surface area contributed by atoms with Gasteiger partial charge in [-0.15, -0.1) is 0 Å². The van der Waals surface area contributed by atoms with E-state index in [0.29, 0.717) is 17.1 Å². The molecule has 0 aliphatic heterocycles. The summed E-state index contributed by atoms with van der Waals surface area (Å²) >= 11 is 5.93. The fourth-order valence-corrected chi connectivity index (χ4v) is 2.77. The Hall–Kier alpha value is -3.38. The molecule has 0 fully saturated rings. The average molecular weight is 409 g/mol. The Balaban J connectivity index is 1.68. The second-order valence-corrected chi connectivity index (χ2v) is 6.78. The van der Waals surface area contributed by atoms with Crippen molar-refractivity contribution in [1.29, 1.82) is 0 Å². The Morgan fingerprint density at radius 3 is 2.52 bits per heavy atom. The smallest absolute Gasteiger partial charge is 0.267 e. The van der Waals surface area contributed by atoms with Crippen LogP contribution >= 0.6 is 11.6 Å². The van der Waals surface area contributed by atoms with E-state index in [4.69, 9.17) is 11.6 Å². The first-order valence-electron chi connectivity index (χ1n) is 9.19. The number of carbonyl (C=O) groups excluding carboxylic acids is 2. The largest absolute Gasteiger partial charge is 0.351 e. The number of carbonyl (C=O) groups is 2. The topological polar surface area (TPSA) is 76.0 Å². The van der Waals surface area contributed by atoms with E-state index < -0.39 is 0 Å². The number of rotatable bonds is 8. The highest BCUT2D eigenvalue weighted by Gasteiger charge is 2.14. The van der Waals surface area contributed by atoms with Crippen molar-refractivity contribution in [1.82, 2.24) is 20.2 Å². The maximum Gasteiger partial charge on any atom is 0.267 e. The van der Waals surface area contributed by atoms with Crippen LogP contribution in [0, 0.1) is 0 Å². The number of hydrogen-bond acceptors (Lipinski definition) is 3. The summed E-state index contributed by atoms with van der Waals surface area (Å²) in [4.78, 5) is 29.2. The van der Waals surface area contributed by atoms with Gasteiger partial charge in [0.2, 0.25) is 0 Å². The molecule has 0 atom stereocenters. The van der Waals surface area contributed by atoms with Crippen molar-refractivity contribution < 1.29 is 9.59 Å². The van der Waals surface area contributed by atoms with E-state index in [9.17, 15) is 9.59 Å². The number of benzene rings is 2. The molecule has 0 unspecified atom stereocenters.